The quantitative estimate of drug-likeness (QED) is 0.784. The molecule has 3 aromatic rings. The Morgan fingerprint density at radius 3 is 2.81 bits per heavy atom. The SMILES string of the molecule is CNC(C)Cc1noc(-c2csc(-c3ccccc3)n2)n1. The molecule has 0 radical (unpaired) electrons. The van der Waals surface area contributed by atoms with Crippen LogP contribution in [-0.2, 0) is 6.42 Å². The maximum atomic E-state index is 5.30. The fraction of sp³-hybridized carbons (Fsp3) is 0.267. The van der Waals surface area contributed by atoms with Crippen molar-refractivity contribution in [2.24, 2.45) is 0 Å². The summed E-state index contributed by atoms with van der Waals surface area (Å²) in [6.07, 6.45) is 0.732. The second kappa shape index (κ2) is 6.15. The van der Waals surface area contributed by atoms with Crippen LogP contribution < -0.4 is 5.32 Å². The van der Waals surface area contributed by atoms with E-state index >= 15 is 0 Å². The normalized spacial score (nSPS) is 12.5. The number of hydrogen-bond acceptors (Lipinski definition) is 6. The van der Waals surface area contributed by atoms with Gasteiger partial charge in [0, 0.05) is 23.4 Å². The van der Waals surface area contributed by atoms with E-state index in [1.165, 1.54) is 0 Å². The predicted molar refractivity (Wildman–Crippen MR) is 83.1 cm³/mol. The van der Waals surface area contributed by atoms with Gasteiger partial charge in [-0.3, -0.25) is 0 Å². The first-order chi connectivity index (χ1) is 10.3. The van der Waals surface area contributed by atoms with Crippen molar-refractivity contribution in [3.63, 3.8) is 0 Å². The highest BCUT2D eigenvalue weighted by Gasteiger charge is 2.14. The molecule has 6 heteroatoms. The van der Waals surface area contributed by atoms with Crippen LogP contribution in [0.5, 0.6) is 0 Å². The van der Waals surface area contributed by atoms with Crippen LogP contribution in [0.4, 0.5) is 0 Å². The van der Waals surface area contributed by atoms with Crippen molar-refractivity contribution in [1.29, 1.82) is 0 Å². The molecule has 2 heterocycles. The zero-order valence-corrected chi connectivity index (χ0v) is 12.7. The van der Waals surface area contributed by atoms with Crippen LogP contribution in [0, 0.1) is 0 Å². The maximum absolute atomic E-state index is 5.30. The summed E-state index contributed by atoms with van der Waals surface area (Å²) < 4.78 is 5.30. The second-order valence-corrected chi connectivity index (χ2v) is 5.67. The van der Waals surface area contributed by atoms with Gasteiger partial charge in [0.1, 0.15) is 10.7 Å². The summed E-state index contributed by atoms with van der Waals surface area (Å²) in [5.41, 5.74) is 1.83. The number of nitrogens with zero attached hydrogens (tertiary/aromatic N) is 3. The van der Waals surface area contributed by atoms with Crippen molar-refractivity contribution in [2.45, 2.75) is 19.4 Å². The number of hydrogen-bond donors (Lipinski definition) is 1. The standard InChI is InChI=1S/C15H16N4OS/c1-10(16-2)8-13-18-14(20-19-13)12-9-21-15(17-12)11-6-4-3-5-7-11/h3-7,9-10,16H,8H2,1-2H3. The smallest absolute Gasteiger partial charge is 0.277 e. The van der Waals surface area contributed by atoms with Gasteiger partial charge in [-0.05, 0) is 14.0 Å². The monoisotopic (exact) mass is 300 g/mol. The topological polar surface area (TPSA) is 63.8 Å². The van der Waals surface area contributed by atoms with Crippen LogP contribution in [0.1, 0.15) is 12.7 Å². The van der Waals surface area contributed by atoms with E-state index in [1.807, 2.05) is 42.8 Å². The zero-order chi connectivity index (χ0) is 14.7. The first kappa shape index (κ1) is 13.9. The zero-order valence-electron chi connectivity index (χ0n) is 11.9. The van der Waals surface area contributed by atoms with Crippen molar-refractivity contribution < 1.29 is 4.52 Å². The average Bonchev–Trinajstić information content (AvgIpc) is 3.17. The van der Waals surface area contributed by atoms with Crippen LogP contribution in [0.3, 0.4) is 0 Å². The van der Waals surface area contributed by atoms with Crippen LogP contribution in [0.15, 0.2) is 40.2 Å². The lowest BCUT2D eigenvalue weighted by atomic mass is 10.2. The summed E-state index contributed by atoms with van der Waals surface area (Å²) in [7, 11) is 1.91. The number of rotatable bonds is 5. The molecule has 1 unspecified atom stereocenters. The fourth-order valence-electron chi connectivity index (χ4n) is 1.90. The Morgan fingerprint density at radius 2 is 2.05 bits per heavy atom. The van der Waals surface area contributed by atoms with E-state index in [9.17, 15) is 0 Å². The van der Waals surface area contributed by atoms with Gasteiger partial charge >= 0.3 is 0 Å². The summed E-state index contributed by atoms with van der Waals surface area (Å²) in [5.74, 6) is 1.17. The largest absolute Gasteiger partial charge is 0.332 e. The van der Waals surface area contributed by atoms with Crippen molar-refractivity contribution in [3.05, 3.63) is 41.5 Å². The summed E-state index contributed by atoms with van der Waals surface area (Å²) in [5, 5.41) is 10.1. The van der Waals surface area contributed by atoms with Crippen molar-refractivity contribution >= 4 is 11.3 Å². The first-order valence-corrected chi connectivity index (χ1v) is 7.65. The molecule has 1 aromatic carbocycles. The Kier molecular flexibility index (Phi) is 4.08. The highest BCUT2D eigenvalue weighted by atomic mass is 32.1. The van der Waals surface area contributed by atoms with Crippen molar-refractivity contribution in [2.75, 3.05) is 7.05 Å². The van der Waals surface area contributed by atoms with Gasteiger partial charge in [0.15, 0.2) is 5.82 Å². The molecule has 0 saturated heterocycles. The molecular formula is C15H16N4OS. The molecule has 0 saturated carbocycles. The molecule has 2 aromatic heterocycles. The molecule has 0 spiro atoms. The average molecular weight is 300 g/mol. The molecule has 5 nitrogen and oxygen atoms in total. The van der Waals surface area contributed by atoms with E-state index in [0.717, 1.165) is 22.7 Å². The van der Waals surface area contributed by atoms with E-state index in [1.54, 1.807) is 11.3 Å². The number of benzene rings is 1. The Bertz CT molecular complexity index is 707. The third-order valence-corrected chi connectivity index (χ3v) is 4.09. The molecule has 0 bridgehead atoms. The van der Waals surface area contributed by atoms with Crippen molar-refractivity contribution in [3.8, 4) is 22.2 Å². The van der Waals surface area contributed by atoms with Gasteiger partial charge in [-0.2, -0.15) is 4.98 Å². The first-order valence-electron chi connectivity index (χ1n) is 6.77. The van der Waals surface area contributed by atoms with Gasteiger partial charge in [-0.1, -0.05) is 35.5 Å². The van der Waals surface area contributed by atoms with Crippen molar-refractivity contribution in [1.82, 2.24) is 20.4 Å². The molecule has 0 fully saturated rings. The number of likely N-dealkylation sites (N-methyl/N-ethyl adjacent to an activating group) is 1. The second-order valence-electron chi connectivity index (χ2n) is 4.81. The van der Waals surface area contributed by atoms with E-state index < -0.39 is 0 Å². The molecule has 0 amide bonds. The van der Waals surface area contributed by atoms with Gasteiger partial charge in [-0.15, -0.1) is 11.3 Å². The van der Waals surface area contributed by atoms with Gasteiger partial charge in [0.25, 0.3) is 5.89 Å². The lowest BCUT2D eigenvalue weighted by Crippen LogP contribution is -2.24. The molecular weight excluding hydrogens is 284 g/mol. The number of aromatic nitrogens is 3. The Morgan fingerprint density at radius 1 is 1.24 bits per heavy atom. The maximum Gasteiger partial charge on any atom is 0.277 e. The minimum atomic E-state index is 0.311. The molecule has 108 valence electrons. The van der Waals surface area contributed by atoms with Crippen LogP contribution in [0.25, 0.3) is 22.2 Å². The highest BCUT2D eigenvalue weighted by Crippen LogP contribution is 2.27. The minimum Gasteiger partial charge on any atom is -0.332 e. The van der Waals surface area contributed by atoms with Gasteiger partial charge in [0.2, 0.25) is 0 Å². The summed E-state index contributed by atoms with van der Waals surface area (Å²) in [6, 6.07) is 10.4. The number of thiazole rings is 1. The third kappa shape index (κ3) is 3.17. The predicted octanol–water partition coefficient (Wildman–Crippen LogP) is 3.01. The van der Waals surface area contributed by atoms with Gasteiger partial charge in [-0.25, -0.2) is 4.98 Å². The molecule has 0 aliphatic carbocycles. The van der Waals surface area contributed by atoms with Gasteiger partial charge in [0.05, 0.1) is 0 Å². The lowest BCUT2D eigenvalue weighted by molar-refractivity contribution is 0.417. The van der Waals surface area contributed by atoms with Crippen LogP contribution >= 0.6 is 11.3 Å². The van der Waals surface area contributed by atoms with Crippen LogP contribution in [-0.4, -0.2) is 28.2 Å². The van der Waals surface area contributed by atoms with E-state index in [-0.39, 0.29) is 0 Å². The summed E-state index contributed by atoms with van der Waals surface area (Å²) in [6.45, 7) is 2.08. The number of nitrogens with one attached hydrogen (secondary N) is 1. The summed E-state index contributed by atoms with van der Waals surface area (Å²) >= 11 is 1.57. The van der Waals surface area contributed by atoms with Gasteiger partial charge < -0.3 is 9.84 Å². The minimum absolute atomic E-state index is 0.311. The summed E-state index contributed by atoms with van der Waals surface area (Å²) in [4.78, 5) is 8.97. The highest BCUT2D eigenvalue weighted by molar-refractivity contribution is 7.13. The fourth-order valence-corrected chi connectivity index (χ4v) is 2.70. The molecule has 3 rings (SSSR count). The lowest BCUT2D eigenvalue weighted by Gasteiger charge is -2.04. The molecule has 21 heavy (non-hydrogen) atoms. The van der Waals surface area contributed by atoms with E-state index in [0.29, 0.717) is 17.8 Å². The molecule has 0 aliphatic heterocycles. The molecule has 0 aliphatic rings. The Labute approximate surface area is 127 Å². The Hall–Kier alpha value is -2.05. The molecule has 1 N–H and O–H groups in total. The third-order valence-electron chi connectivity index (χ3n) is 3.19. The van der Waals surface area contributed by atoms with E-state index in [2.05, 4.69) is 27.4 Å². The molecule has 1 atom stereocenters. The Balaban J connectivity index is 1.80. The van der Waals surface area contributed by atoms with Crippen LogP contribution in [0.2, 0.25) is 0 Å². The van der Waals surface area contributed by atoms with E-state index in [4.69, 9.17) is 4.52 Å².